The van der Waals surface area contributed by atoms with Gasteiger partial charge in [-0.25, -0.2) is 4.99 Å². The Labute approximate surface area is 179 Å². The topological polar surface area (TPSA) is 78.1 Å². The summed E-state index contributed by atoms with van der Waals surface area (Å²) in [5, 5.41) is 2.66. The first kappa shape index (κ1) is 24.5. The molecule has 6 nitrogen and oxygen atoms in total. The molecule has 0 saturated heterocycles. The highest BCUT2D eigenvalue weighted by molar-refractivity contribution is 14.0. The third-order valence-electron chi connectivity index (χ3n) is 3.27. The molecule has 2 rings (SSSR count). The zero-order chi connectivity index (χ0) is 20.7. The van der Waals surface area contributed by atoms with Gasteiger partial charge < -0.3 is 25.3 Å². The predicted octanol–water partition coefficient (Wildman–Crippen LogP) is 4.74. The van der Waals surface area contributed by atoms with Crippen LogP contribution in [0, 0.1) is 0 Å². The van der Waals surface area contributed by atoms with Gasteiger partial charge in [0.15, 0.2) is 5.96 Å². The SMILES string of the molecule is COc1ccc(CN=C(N)Nc2ccc(OC(F)(F)F)cc2)c(OC(F)F)c1.I. The molecule has 29 heavy (non-hydrogen) atoms. The molecule has 0 unspecified atom stereocenters. The molecule has 2 aromatic carbocycles. The summed E-state index contributed by atoms with van der Waals surface area (Å²) in [7, 11) is 1.38. The number of nitrogens with two attached hydrogens (primary N) is 1. The minimum absolute atomic E-state index is 0. The van der Waals surface area contributed by atoms with E-state index in [9.17, 15) is 22.0 Å². The second kappa shape index (κ2) is 10.9. The number of hydrogen-bond donors (Lipinski definition) is 2. The van der Waals surface area contributed by atoms with Crippen molar-refractivity contribution in [1.29, 1.82) is 0 Å². The van der Waals surface area contributed by atoms with Crippen LogP contribution in [0.2, 0.25) is 0 Å². The largest absolute Gasteiger partial charge is 0.573 e. The third kappa shape index (κ3) is 8.58. The Morgan fingerprint density at radius 2 is 1.72 bits per heavy atom. The van der Waals surface area contributed by atoms with E-state index in [1.165, 1.54) is 31.4 Å². The molecule has 160 valence electrons. The lowest BCUT2D eigenvalue weighted by Crippen LogP contribution is -2.22. The Hall–Kier alpha value is -2.51. The van der Waals surface area contributed by atoms with E-state index < -0.39 is 13.0 Å². The maximum absolute atomic E-state index is 12.5. The van der Waals surface area contributed by atoms with E-state index in [0.29, 0.717) is 17.0 Å². The quantitative estimate of drug-likeness (QED) is 0.233. The number of methoxy groups -OCH3 is 1. The number of halogens is 6. The van der Waals surface area contributed by atoms with Crippen molar-refractivity contribution in [3.63, 3.8) is 0 Å². The molecular formula is C17H17F5IN3O3. The van der Waals surface area contributed by atoms with Gasteiger partial charge in [0.2, 0.25) is 0 Å². The smallest absolute Gasteiger partial charge is 0.497 e. The van der Waals surface area contributed by atoms with Crippen LogP contribution in [0.25, 0.3) is 0 Å². The van der Waals surface area contributed by atoms with Gasteiger partial charge in [-0.15, -0.1) is 37.1 Å². The third-order valence-corrected chi connectivity index (χ3v) is 3.27. The number of benzene rings is 2. The molecule has 0 fully saturated rings. The number of guanidine groups is 1. The Morgan fingerprint density at radius 1 is 1.10 bits per heavy atom. The number of aliphatic imine (C=N–C) groups is 1. The molecule has 2 aromatic rings. The van der Waals surface area contributed by atoms with Gasteiger partial charge in [0, 0.05) is 17.3 Å². The Kier molecular flexibility index (Phi) is 9.20. The molecule has 0 heterocycles. The fourth-order valence-corrected chi connectivity index (χ4v) is 2.10. The second-order valence-corrected chi connectivity index (χ2v) is 5.25. The van der Waals surface area contributed by atoms with Crippen LogP contribution in [0.1, 0.15) is 5.56 Å². The molecule has 0 spiro atoms. The zero-order valence-electron chi connectivity index (χ0n) is 14.9. The van der Waals surface area contributed by atoms with E-state index in [-0.39, 0.29) is 48.0 Å². The Balaban J connectivity index is 0.00000420. The van der Waals surface area contributed by atoms with E-state index in [0.717, 1.165) is 12.1 Å². The van der Waals surface area contributed by atoms with Gasteiger partial charge in [0.25, 0.3) is 0 Å². The molecule has 0 atom stereocenters. The van der Waals surface area contributed by atoms with E-state index in [1.807, 2.05) is 0 Å². The van der Waals surface area contributed by atoms with Crippen LogP contribution in [0.3, 0.4) is 0 Å². The van der Waals surface area contributed by atoms with Gasteiger partial charge in [0.1, 0.15) is 17.2 Å². The number of anilines is 1. The summed E-state index contributed by atoms with van der Waals surface area (Å²) in [5.41, 5.74) is 6.40. The number of nitrogens with zero attached hydrogens (tertiary/aromatic N) is 1. The zero-order valence-corrected chi connectivity index (χ0v) is 17.2. The van der Waals surface area contributed by atoms with Crippen molar-refractivity contribution in [1.82, 2.24) is 0 Å². The maximum Gasteiger partial charge on any atom is 0.573 e. The van der Waals surface area contributed by atoms with Crippen LogP contribution in [-0.2, 0) is 6.54 Å². The van der Waals surface area contributed by atoms with Gasteiger partial charge in [-0.05, 0) is 36.4 Å². The number of hydrogen-bond acceptors (Lipinski definition) is 4. The fraction of sp³-hybridized carbons (Fsp3) is 0.235. The fourth-order valence-electron chi connectivity index (χ4n) is 2.10. The molecule has 0 aliphatic rings. The highest BCUT2D eigenvalue weighted by Crippen LogP contribution is 2.27. The van der Waals surface area contributed by atoms with Gasteiger partial charge >= 0.3 is 13.0 Å². The molecular weight excluding hydrogens is 516 g/mol. The summed E-state index contributed by atoms with van der Waals surface area (Å²) in [6, 6.07) is 9.15. The lowest BCUT2D eigenvalue weighted by Gasteiger charge is -2.12. The Morgan fingerprint density at radius 3 is 2.28 bits per heavy atom. The molecule has 0 aliphatic heterocycles. The average molecular weight is 533 g/mol. The number of ether oxygens (including phenoxy) is 3. The molecule has 0 aromatic heterocycles. The van der Waals surface area contributed by atoms with Crippen LogP contribution < -0.4 is 25.3 Å². The minimum Gasteiger partial charge on any atom is -0.497 e. The molecule has 0 bridgehead atoms. The molecule has 0 amide bonds. The van der Waals surface area contributed by atoms with Crippen molar-refractivity contribution in [3.8, 4) is 17.2 Å². The number of alkyl halides is 5. The van der Waals surface area contributed by atoms with Gasteiger partial charge in [-0.1, -0.05) is 0 Å². The standard InChI is InChI=1S/C17H16F5N3O3.HI/c1-26-13-5-2-10(14(8-13)27-15(18)19)9-24-16(23)25-11-3-6-12(7-4-11)28-17(20,21)22;/h2-8,15H,9H2,1H3,(H3,23,24,25);1H. The Bertz CT molecular complexity index is 817. The number of nitrogens with one attached hydrogen (secondary N) is 1. The summed E-state index contributed by atoms with van der Waals surface area (Å²) in [6.45, 7) is -3.11. The lowest BCUT2D eigenvalue weighted by molar-refractivity contribution is -0.274. The van der Waals surface area contributed by atoms with Crippen LogP contribution in [0.5, 0.6) is 17.2 Å². The first-order valence-corrected chi connectivity index (χ1v) is 7.71. The first-order valence-electron chi connectivity index (χ1n) is 7.71. The molecule has 3 N–H and O–H groups in total. The molecule has 0 aliphatic carbocycles. The van der Waals surface area contributed by atoms with Gasteiger partial charge in [-0.3, -0.25) is 0 Å². The highest BCUT2D eigenvalue weighted by Gasteiger charge is 2.30. The van der Waals surface area contributed by atoms with Crippen LogP contribution in [-0.4, -0.2) is 26.0 Å². The summed E-state index contributed by atoms with van der Waals surface area (Å²) in [6.07, 6.45) is -4.79. The van der Waals surface area contributed by atoms with Crippen LogP contribution >= 0.6 is 24.0 Å². The van der Waals surface area contributed by atoms with Crippen molar-refractivity contribution in [2.24, 2.45) is 10.7 Å². The minimum atomic E-state index is -4.79. The van der Waals surface area contributed by atoms with E-state index >= 15 is 0 Å². The highest BCUT2D eigenvalue weighted by atomic mass is 127. The second-order valence-electron chi connectivity index (χ2n) is 5.25. The summed E-state index contributed by atoms with van der Waals surface area (Å²) < 4.78 is 74.6. The number of rotatable bonds is 7. The van der Waals surface area contributed by atoms with Gasteiger partial charge in [-0.2, -0.15) is 8.78 Å². The first-order chi connectivity index (χ1) is 13.2. The molecule has 0 saturated carbocycles. The molecule has 12 heteroatoms. The van der Waals surface area contributed by atoms with Crippen LogP contribution in [0.4, 0.5) is 27.6 Å². The van der Waals surface area contributed by atoms with Gasteiger partial charge in [0.05, 0.1) is 13.7 Å². The van der Waals surface area contributed by atoms with E-state index in [4.69, 9.17) is 10.5 Å². The monoisotopic (exact) mass is 533 g/mol. The lowest BCUT2D eigenvalue weighted by atomic mass is 10.2. The predicted molar refractivity (Wildman–Crippen MR) is 107 cm³/mol. The molecule has 0 radical (unpaired) electrons. The van der Waals surface area contributed by atoms with Crippen molar-refractivity contribution in [2.45, 2.75) is 19.5 Å². The summed E-state index contributed by atoms with van der Waals surface area (Å²) in [5.74, 6) is -0.251. The summed E-state index contributed by atoms with van der Waals surface area (Å²) in [4.78, 5) is 4.00. The average Bonchev–Trinajstić information content (AvgIpc) is 2.60. The van der Waals surface area contributed by atoms with Crippen molar-refractivity contribution >= 4 is 35.6 Å². The van der Waals surface area contributed by atoms with E-state index in [1.54, 1.807) is 6.07 Å². The van der Waals surface area contributed by atoms with E-state index in [2.05, 4.69) is 19.8 Å². The van der Waals surface area contributed by atoms with Crippen molar-refractivity contribution in [2.75, 3.05) is 12.4 Å². The summed E-state index contributed by atoms with van der Waals surface area (Å²) >= 11 is 0. The van der Waals surface area contributed by atoms with Crippen LogP contribution in [0.15, 0.2) is 47.5 Å². The van der Waals surface area contributed by atoms with Crippen molar-refractivity contribution in [3.05, 3.63) is 48.0 Å². The maximum atomic E-state index is 12.5. The van der Waals surface area contributed by atoms with Crippen molar-refractivity contribution < 1.29 is 36.2 Å². The normalized spacial score (nSPS) is 11.6.